The molecule has 28 heteroatoms. The van der Waals surface area contributed by atoms with Crippen LogP contribution in [0.4, 0.5) is 13.2 Å². The fourth-order valence-electron chi connectivity index (χ4n) is 11.7. The largest absolute Gasteiger partial charge is 0.416 e. The maximum Gasteiger partial charge on any atom is 0.416 e. The maximum absolute atomic E-state index is 13.0. The number of H-pyrrole nitrogens is 4. The Kier molecular flexibility index (Phi) is 29.9. The van der Waals surface area contributed by atoms with Gasteiger partial charge in [0.25, 0.3) is 23.6 Å². The average molecular weight is 1580 g/mol. The van der Waals surface area contributed by atoms with Crippen LogP contribution >= 0.6 is 0 Å². The van der Waals surface area contributed by atoms with Gasteiger partial charge in [-0.1, -0.05) is 66.6 Å². The van der Waals surface area contributed by atoms with E-state index in [2.05, 4.69) is 143 Å². The van der Waals surface area contributed by atoms with E-state index >= 15 is 0 Å². The maximum atomic E-state index is 13.0. The number of hydrogen-bond acceptors (Lipinski definition) is 13. The highest BCUT2D eigenvalue weighted by Crippen LogP contribution is 2.30. The van der Waals surface area contributed by atoms with Crippen molar-refractivity contribution in [2.24, 2.45) is 0 Å². The van der Waals surface area contributed by atoms with E-state index < -0.39 is 17.3 Å². The molecule has 14 rings (SSSR count). The fraction of sp³-hybridized carbons (Fsp3) is 0.200. The van der Waals surface area contributed by atoms with Crippen LogP contribution in [0.1, 0.15) is 155 Å². The third kappa shape index (κ3) is 25.4. The number of rotatable bonds is 25. The lowest BCUT2D eigenvalue weighted by Gasteiger charge is -2.10. The van der Waals surface area contributed by atoms with Gasteiger partial charge in [-0.05, 0) is 227 Å². The number of amides is 4. The zero-order chi connectivity index (χ0) is 82.9. The summed E-state index contributed by atoms with van der Waals surface area (Å²) in [6, 6.07) is 41.3. The molecule has 0 saturated carbocycles. The molecule has 596 valence electrons. The summed E-state index contributed by atoms with van der Waals surface area (Å²) in [7, 11) is 0. The van der Waals surface area contributed by atoms with Crippen LogP contribution in [0.15, 0.2) is 245 Å². The normalized spacial score (nSPS) is 10.7. The number of benzene rings is 6. The molecule has 0 spiro atoms. The summed E-state index contributed by atoms with van der Waals surface area (Å²) in [6.07, 6.45) is 37.1. The minimum Gasteiger partial charge on any atom is -0.378 e. The molecule has 4 amide bonds. The van der Waals surface area contributed by atoms with Crippen molar-refractivity contribution in [3.05, 3.63) is 334 Å². The van der Waals surface area contributed by atoms with E-state index in [1.54, 1.807) is 143 Å². The van der Waals surface area contributed by atoms with Gasteiger partial charge in [-0.15, -0.1) is 6.42 Å². The monoisotopic (exact) mass is 1580 g/mol. The van der Waals surface area contributed by atoms with Crippen LogP contribution in [0.25, 0.3) is 22.7 Å². The zero-order valence-corrected chi connectivity index (χ0v) is 64.9. The van der Waals surface area contributed by atoms with Crippen LogP contribution < -0.4 is 21.3 Å². The van der Waals surface area contributed by atoms with Crippen molar-refractivity contribution >= 4 is 23.6 Å². The molecule has 0 atom stereocenters. The average Bonchev–Trinajstić information content (AvgIpc) is 1.39. The van der Waals surface area contributed by atoms with Gasteiger partial charge in [0.15, 0.2) is 0 Å². The number of hydrogen-bond donors (Lipinski definition) is 9. The minimum atomic E-state index is -4.45. The van der Waals surface area contributed by atoms with Gasteiger partial charge < -0.3 is 26.4 Å². The van der Waals surface area contributed by atoms with Crippen molar-refractivity contribution in [1.82, 2.24) is 101 Å². The van der Waals surface area contributed by atoms with E-state index in [4.69, 9.17) is 6.42 Å². The molecule has 8 heterocycles. The van der Waals surface area contributed by atoms with Gasteiger partial charge in [0.1, 0.15) is 5.60 Å². The number of carbonyl (C=O) groups is 4. The van der Waals surface area contributed by atoms with E-state index in [0.717, 1.165) is 120 Å². The van der Waals surface area contributed by atoms with Crippen LogP contribution in [0.5, 0.6) is 0 Å². The summed E-state index contributed by atoms with van der Waals surface area (Å²) >= 11 is 0. The number of carbonyl (C=O) groups excluding carboxylic acids is 4. The molecule has 6 aromatic carbocycles. The molecule has 14 aromatic rings. The van der Waals surface area contributed by atoms with Crippen molar-refractivity contribution < 1.29 is 37.5 Å². The lowest BCUT2D eigenvalue weighted by atomic mass is 10.1. The number of aromatic amines is 4. The molecule has 0 radical (unpaired) electrons. The second-order valence-electron chi connectivity index (χ2n) is 27.2. The summed E-state index contributed by atoms with van der Waals surface area (Å²) in [5.41, 5.74) is 12.4. The Morgan fingerprint density at radius 1 is 0.415 bits per heavy atom. The fourth-order valence-corrected chi connectivity index (χ4v) is 11.7. The lowest BCUT2D eigenvalue weighted by Crippen LogP contribution is -2.25. The third-order valence-corrected chi connectivity index (χ3v) is 17.9. The van der Waals surface area contributed by atoms with Crippen molar-refractivity contribution in [1.29, 1.82) is 0 Å². The molecule has 25 nitrogen and oxygen atoms in total. The summed E-state index contributed by atoms with van der Waals surface area (Å²) in [4.78, 5) is 50.1. The Morgan fingerprint density at radius 2 is 0.754 bits per heavy atom. The van der Waals surface area contributed by atoms with Crippen molar-refractivity contribution in [2.45, 2.75) is 90.3 Å². The molecule has 0 fully saturated rings. The number of halogens is 3. The van der Waals surface area contributed by atoms with Gasteiger partial charge >= 0.3 is 6.18 Å². The predicted octanol–water partition coefficient (Wildman–Crippen LogP) is 12.3. The van der Waals surface area contributed by atoms with E-state index in [1.807, 2.05) is 97.8 Å². The Morgan fingerprint density at radius 3 is 1.06 bits per heavy atom. The number of aryl methyl sites for hydroxylation is 5. The number of nitrogens with one attached hydrogen (secondary N) is 8. The molecule has 0 aliphatic rings. The number of terminal acetylenes is 1. The van der Waals surface area contributed by atoms with Gasteiger partial charge in [0.05, 0.1) is 75.4 Å². The molecular weight excluding hydrogens is 1500 g/mol. The van der Waals surface area contributed by atoms with Crippen LogP contribution in [0.3, 0.4) is 0 Å². The highest BCUT2D eigenvalue weighted by molar-refractivity contribution is 5.97. The first-order valence-corrected chi connectivity index (χ1v) is 37.9. The Labute approximate surface area is 679 Å². The van der Waals surface area contributed by atoms with Crippen molar-refractivity contribution in [2.75, 3.05) is 26.2 Å². The molecule has 118 heavy (non-hydrogen) atoms. The summed E-state index contributed by atoms with van der Waals surface area (Å²) in [5.74, 6) is 19.9. The molecule has 0 aliphatic heterocycles. The molecule has 0 aliphatic carbocycles. The Balaban J connectivity index is 0.000000155. The topological polar surface area (TPSA) is 323 Å². The van der Waals surface area contributed by atoms with Gasteiger partial charge in [-0.25, -0.2) is 18.7 Å². The first kappa shape index (κ1) is 83.8. The van der Waals surface area contributed by atoms with Crippen LogP contribution in [-0.4, -0.2) is 140 Å². The van der Waals surface area contributed by atoms with E-state index in [-0.39, 0.29) is 29.2 Å². The molecule has 8 aromatic heterocycles. The Hall–Kier alpha value is -15.1. The molecule has 0 bridgehead atoms. The third-order valence-electron chi connectivity index (χ3n) is 17.9. The summed E-state index contributed by atoms with van der Waals surface area (Å²) in [5, 5.41) is 65.3. The van der Waals surface area contributed by atoms with Crippen LogP contribution in [-0.2, 0) is 38.3 Å². The number of alkyl halides is 3. The van der Waals surface area contributed by atoms with Crippen LogP contribution in [0.2, 0.25) is 0 Å². The van der Waals surface area contributed by atoms with Gasteiger partial charge in [-0.2, -0.15) is 54.0 Å². The van der Waals surface area contributed by atoms with E-state index in [9.17, 15) is 37.5 Å². The molecule has 0 saturated heterocycles. The van der Waals surface area contributed by atoms with Crippen LogP contribution in [0, 0.1) is 47.9 Å². The predicted molar refractivity (Wildman–Crippen MR) is 442 cm³/mol. The highest BCUT2D eigenvalue weighted by Gasteiger charge is 2.30. The highest BCUT2D eigenvalue weighted by atomic mass is 19.4. The van der Waals surface area contributed by atoms with E-state index in [1.165, 1.54) is 17.7 Å². The second kappa shape index (κ2) is 42.1. The standard InChI is InChI=1S/C26H25N5O.C25H20F3N5O.C21H23N5O2.C18H17N5O/c1-2-20-6-8-21(9-7-20)10-11-23-17-24(12-13-25(23)31-16-4-15-30-31)26(32)27-14-3-5-22-18-28-29-19-22;26-25(27,28)22-6-1-4-18(14-22)7-8-20-15-21(9-10-23(20)33-13-3-12-32-33)24(34)29-11-2-5-19-16-30-31-17-19;1-21(2,28)9-8-17-13-18(6-7-19(17)26-12-4-11-25-26)20(27)22-10-3-5-16-14-23-24-15-16;1-2-15-11-16(6-7-17(15)23-10-4-9-22-23)18(24)19-8-3-5-14-12-20-21-13-14/h4,6-9,12-13,15-19H,2-3,5,14H2,1H3,(H,27,32)(H,28,29);1,3-4,6,9-10,12-17H,2,5,11H2,(H,29,34)(H,30,31);4,6-7,11-15,28H,3,5,10H2,1-2H3,(H,22,27)(H,23,24);1,4,6-7,9-13H,3,5,8H2,(H,19,24)(H,20,21). The zero-order valence-electron chi connectivity index (χ0n) is 64.9. The second-order valence-corrected chi connectivity index (χ2v) is 27.2. The smallest absolute Gasteiger partial charge is 0.378 e. The first-order chi connectivity index (χ1) is 57.3. The van der Waals surface area contributed by atoms with Gasteiger partial charge in [0, 0.05) is 134 Å². The molecular formula is C90H85F3N20O5. The minimum absolute atomic E-state index is 0.112. The van der Waals surface area contributed by atoms with Crippen molar-refractivity contribution in [3.63, 3.8) is 0 Å². The lowest BCUT2D eigenvalue weighted by molar-refractivity contribution is -0.137. The number of aliphatic hydroxyl groups is 1. The first-order valence-electron chi connectivity index (χ1n) is 37.9. The quantitative estimate of drug-likeness (QED) is 0.0190. The molecule has 0 unspecified atom stereocenters. The summed E-state index contributed by atoms with van der Waals surface area (Å²) in [6.45, 7) is 7.59. The van der Waals surface area contributed by atoms with Gasteiger partial charge in [-0.3, -0.25) is 39.6 Å². The van der Waals surface area contributed by atoms with Gasteiger partial charge in [0.2, 0.25) is 0 Å². The van der Waals surface area contributed by atoms with E-state index in [0.29, 0.717) is 70.8 Å². The number of aromatic nitrogens is 16. The number of nitrogens with zero attached hydrogens (tertiary/aromatic N) is 12. The van der Waals surface area contributed by atoms with Crippen molar-refractivity contribution in [3.8, 4) is 70.6 Å². The SMILES string of the molecule is C#Cc1cc(C(=O)NCCCc2cn[nH]c2)ccc1-n1cccn1.CC(C)(O)C#Cc1cc(C(=O)NCCCc2cn[nH]c2)ccc1-n1cccn1.CCc1ccc(C#Cc2cc(C(=O)NCCCc3cn[nH]c3)ccc2-n2cccn2)cc1.O=C(NCCCc1cn[nH]c1)c1ccc(-n2cccn2)c(C#Cc2cccc(C(F)(F)F)c2)c1. The summed E-state index contributed by atoms with van der Waals surface area (Å²) < 4.78 is 45.8. The Bertz CT molecular complexity index is 5780. The molecule has 9 N–H and O–H groups in total.